The molecule has 1 saturated heterocycles. The Morgan fingerprint density at radius 2 is 2.00 bits per heavy atom. The third kappa shape index (κ3) is 3.34. The summed E-state index contributed by atoms with van der Waals surface area (Å²) in [4.78, 5) is 24.4. The fraction of sp³-hybridized carbons (Fsp3) is 0.769. The number of amides is 1. The van der Waals surface area contributed by atoms with Crippen molar-refractivity contribution in [1.82, 2.24) is 4.90 Å². The molecule has 1 heterocycles. The zero-order chi connectivity index (χ0) is 13.3. The monoisotopic (exact) mass is 239 g/mol. The Labute approximate surface area is 103 Å². The lowest BCUT2D eigenvalue weighted by molar-refractivity contribution is 0.0226. The van der Waals surface area contributed by atoms with Crippen LogP contribution in [0.25, 0.3) is 0 Å². The molecule has 0 unspecified atom stereocenters. The van der Waals surface area contributed by atoms with Crippen molar-refractivity contribution in [1.29, 1.82) is 0 Å². The van der Waals surface area contributed by atoms with E-state index in [0.717, 1.165) is 12.8 Å². The second kappa shape index (κ2) is 4.53. The van der Waals surface area contributed by atoms with E-state index in [4.69, 9.17) is 4.74 Å². The van der Waals surface area contributed by atoms with E-state index in [1.54, 1.807) is 0 Å². The van der Waals surface area contributed by atoms with Crippen molar-refractivity contribution in [3.8, 4) is 0 Å². The molecule has 0 saturated carbocycles. The Balaban J connectivity index is 2.90. The maximum Gasteiger partial charge on any atom is 0.415 e. The average Bonchev–Trinajstić information content (AvgIpc) is 2.13. The molecule has 96 valence electrons. The van der Waals surface area contributed by atoms with Crippen LogP contribution in [0.1, 0.15) is 47.5 Å². The Kier molecular flexibility index (Phi) is 3.68. The van der Waals surface area contributed by atoms with Gasteiger partial charge in [-0.1, -0.05) is 13.8 Å². The summed E-state index contributed by atoms with van der Waals surface area (Å²) in [6.07, 6.45) is 1.30. The third-order valence-electron chi connectivity index (χ3n) is 2.81. The Morgan fingerprint density at radius 3 is 2.47 bits per heavy atom. The number of hydrogen-bond acceptors (Lipinski definition) is 3. The molecular weight excluding hydrogens is 218 g/mol. The summed E-state index contributed by atoms with van der Waals surface area (Å²) in [5.74, 6) is 1.90. The highest BCUT2D eigenvalue weighted by molar-refractivity contribution is 5.74. The Bertz CT molecular complexity index is 359. The molecule has 0 N–H and O–H groups in total. The fourth-order valence-corrected chi connectivity index (χ4v) is 1.97. The number of carbonyl (C=O) groups excluding carboxylic acids is 2. The summed E-state index contributed by atoms with van der Waals surface area (Å²) in [5, 5.41) is 0. The molecule has 4 heteroatoms. The van der Waals surface area contributed by atoms with Crippen LogP contribution in [0.15, 0.2) is 5.70 Å². The first-order chi connectivity index (χ1) is 7.67. The predicted octanol–water partition coefficient (Wildman–Crippen LogP) is 2.76. The van der Waals surface area contributed by atoms with Gasteiger partial charge in [0, 0.05) is 12.0 Å². The zero-order valence-electron chi connectivity index (χ0n) is 11.3. The van der Waals surface area contributed by atoms with Crippen LogP contribution in [0.4, 0.5) is 4.79 Å². The van der Waals surface area contributed by atoms with Gasteiger partial charge in [0.2, 0.25) is 0 Å². The number of rotatable bonds is 0. The Morgan fingerprint density at radius 1 is 1.41 bits per heavy atom. The predicted molar refractivity (Wildman–Crippen MR) is 65.2 cm³/mol. The van der Waals surface area contributed by atoms with Crippen molar-refractivity contribution in [2.75, 3.05) is 6.54 Å². The number of hydrogen-bond donors (Lipinski definition) is 0. The second-order valence-electron chi connectivity index (χ2n) is 6.07. The summed E-state index contributed by atoms with van der Waals surface area (Å²) in [6.45, 7) is 9.86. The highest BCUT2D eigenvalue weighted by Crippen LogP contribution is 2.37. The first-order valence-electron chi connectivity index (χ1n) is 5.93. The number of nitrogens with zero attached hydrogens (tertiary/aromatic N) is 1. The molecule has 17 heavy (non-hydrogen) atoms. The molecule has 0 aliphatic carbocycles. The molecule has 0 spiro atoms. The Hall–Kier alpha value is -1.28. The first kappa shape index (κ1) is 13.8. The summed E-state index contributed by atoms with van der Waals surface area (Å²) < 4.78 is 5.29. The molecule has 4 nitrogen and oxygen atoms in total. The van der Waals surface area contributed by atoms with Gasteiger partial charge in [-0.25, -0.2) is 9.59 Å². The van der Waals surface area contributed by atoms with E-state index >= 15 is 0 Å². The van der Waals surface area contributed by atoms with E-state index in [1.807, 2.05) is 40.6 Å². The van der Waals surface area contributed by atoms with E-state index in [-0.39, 0.29) is 5.41 Å². The van der Waals surface area contributed by atoms with Crippen LogP contribution in [0, 0.1) is 5.41 Å². The minimum Gasteiger partial charge on any atom is -0.443 e. The summed E-state index contributed by atoms with van der Waals surface area (Å²) in [5.41, 5.74) is -0.457. The van der Waals surface area contributed by atoms with E-state index in [0.29, 0.717) is 12.2 Å². The lowest BCUT2D eigenvalue weighted by Crippen LogP contribution is -2.44. The van der Waals surface area contributed by atoms with Crippen LogP contribution in [0.3, 0.4) is 0 Å². The standard InChI is InChI=1S/C13H21NO3/c1-12(2,3)17-11(16)14-8-6-7-13(4,5)10(14)9-15/h6-8H2,1-5H3. The van der Waals surface area contributed by atoms with Crippen LogP contribution in [0.2, 0.25) is 0 Å². The number of carbonyl (C=O) groups is 1. The molecule has 1 amide bonds. The van der Waals surface area contributed by atoms with Crippen molar-refractivity contribution in [3.05, 3.63) is 5.70 Å². The van der Waals surface area contributed by atoms with E-state index in [9.17, 15) is 9.59 Å². The quantitative estimate of drug-likeness (QED) is 0.611. The number of ether oxygens (including phenoxy) is 1. The molecule has 0 aromatic carbocycles. The van der Waals surface area contributed by atoms with Crippen LogP contribution < -0.4 is 0 Å². The van der Waals surface area contributed by atoms with Crippen LogP contribution in [-0.4, -0.2) is 29.1 Å². The van der Waals surface area contributed by atoms with Crippen LogP contribution in [0.5, 0.6) is 0 Å². The van der Waals surface area contributed by atoms with E-state index in [1.165, 1.54) is 4.90 Å². The average molecular weight is 239 g/mol. The van der Waals surface area contributed by atoms with E-state index in [2.05, 4.69) is 0 Å². The molecule has 1 rings (SSSR count). The lowest BCUT2D eigenvalue weighted by Gasteiger charge is -2.38. The largest absolute Gasteiger partial charge is 0.443 e. The summed E-state index contributed by atoms with van der Waals surface area (Å²) in [6, 6.07) is 0. The highest BCUT2D eigenvalue weighted by Gasteiger charge is 2.37. The summed E-state index contributed by atoms with van der Waals surface area (Å²) >= 11 is 0. The number of likely N-dealkylation sites (tertiary alicyclic amines) is 1. The van der Waals surface area contributed by atoms with Gasteiger partial charge in [0.25, 0.3) is 0 Å². The van der Waals surface area contributed by atoms with Gasteiger partial charge in [-0.05, 0) is 33.6 Å². The van der Waals surface area contributed by atoms with Crippen molar-refractivity contribution in [2.24, 2.45) is 5.41 Å². The second-order valence-corrected chi connectivity index (χ2v) is 6.07. The first-order valence-corrected chi connectivity index (χ1v) is 5.93. The molecule has 1 fully saturated rings. The van der Waals surface area contributed by atoms with Crippen molar-refractivity contribution >= 4 is 12.0 Å². The number of allylic oxidation sites excluding steroid dienone is 1. The molecule has 1 aliphatic heterocycles. The minimum absolute atomic E-state index is 0.309. The topological polar surface area (TPSA) is 46.6 Å². The minimum atomic E-state index is -0.549. The smallest absolute Gasteiger partial charge is 0.415 e. The van der Waals surface area contributed by atoms with Crippen molar-refractivity contribution in [3.63, 3.8) is 0 Å². The molecule has 0 bridgehead atoms. The molecule has 0 radical (unpaired) electrons. The van der Waals surface area contributed by atoms with Gasteiger partial charge in [-0.15, -0.1) is 0 Å². The molecular formula is C13H21NO3. The highest BCUT2D eigenvalue weighted by atomic mass is 16.6. The summed E-state index contributed by atoms with van der Waals surface area (Å²) in [7, 11) is 0. The van der Waals surface area contributed by atoms with Crippen LogP contribution in [-0.2, 0) is 9.53 Å². The lowest BCUT2D eigenvalue weighted by atomic mass is 9.81. The molecule has 0 aromatic rings. The van der Waals surface area contributed by atoms with Gasteiger partial charge in [-0.2, -0.15) is 0 Å². The van der Waals surface area contributed by atoms with Gasteiger partial charge in [0.1, 0.15) is 17.2 Å². The SMILES string of the molecule is CC(C)(C)OC(=O)N1CCCC(C)(C)C1=C=O. The normalized spacial score (nSPS) is 19.8. The van der Waals surface area contributed by atoms with Crippen molar-refractivity contribution in [2.45, 2.75) is 53.1 Å². The van der Waals surface area contributed by atoms with Gasteiger partial charge >= 0.3 is 6.09 Å². The fourth-order valence-electron chi connectivity index (χ4n) is 1.97. The van der Waals surface area contributed by atoms with E-state index < -0.39 is 11.7 Å². The van der Waals surface area contributed by atoms with Gasteiger partial charge in [0.15, 0.2) is 0 Å². The zero-order valence-corrected chi connectivity index (χ0v) is 11.3. The molecule has 1 aliphatic rings. The molecule has 0 aromatic heterocycles. The maximum atomic E-state index is 12.0. The van der Waals surface area contributed by atoms with Crippen molar-refractivity contribution < 1.29 is 14.3 Å². The molecule has 0 atom stereocenters. The third-order valence-corrected chi connectivity index (χ3v) is 2.81. The van der Waals surface area contributed by atoms with Gasteiger partial charge in [0.05, 0.1) is 0 Å². The van der Waals surface area contributed by atoms with Crippen LogP contribution >= 0.6 is 0 Å². The van der Waals surface area contributed by atoms with Gasteiger partial charge in [-0.3, -0.25) is 4.90 Å². The number of piperidine rings is 1. The van der Waals surface area contributed by atoms with Gasteiger partial charge < -0.3 is 4.74 Å². The maximum absolute atomic E-state index is 12.0.